The van der Waals surface area contributed by atoms with Crippen molar-refractivity contribution in [1.29, 1.82) is 0 Å². The number of carbonyl (C=O) groups is 2. The zero-order valence-corrected chi connectivity index (χ0v) is 25.6. The minimum Gasteiger partial charge on any atom is -0.481 e. The Morgan fingerprint density at radius 1 is 0.750 bits per heavy atom. The molecule has 0 aliphatic carbocycles. The van der Waals surface area contributed by atoms with Gasteiger partial charge < -0.3 is 10.2 Å². The van der Waals surface area contributed by atoms with Crippen molar-refractivity contribution in [1.82, 2.24) is 9.80 Å². The average Bonchev–Trinajstić information content (AvgIpc) is 2.63. The zero-order chi connectivity index (χ0) is 28.1. The molecule has 2 rings (SSSR count). The lowest BCUT2D eigenvalue weighted by Crippen LogP contribution is -2.68. The lowest BCUT2D eigenvalue weighted by Gasteiger charge is -2.62. The number of aliphatic carboxylic acids is 2. The van der Waals surface area contributed by atoms with Crippen molar-refractivity contribution in [2.45, 2.75) is 134 Å². The average molecular weight is 550 g/mol. The normalized spacial score (nSPS) is 28.2. The van der Waals surface area contributed by atoms with E-state index in [1.54, 1.807) is 0 Å². The molecule has 2 fully saturated rings. The van der Waals surface area contributed by atoms with E-state index in [-0.39, 0.29) is 51.2 Å². The fourth-order valence-corrected chi connectivity index (χ4v) is 8.43. The Balaban J connectivity index is 2.63. The highest BCUT2D eigenvalue weighted by Gasteiger charge is 2.62. The number of carboxylic acids is 2. The zero-order valence-electron chi connectivity index (χ0n) is 24.1. The van der Waals surface area contributed by atoms with Crippen LogP contribution in [0.3, 0.4) is 0 Å². The number of likely N-dealkylation sites (tertiary alicyclic amines) is 2. The van der Waals surface area contributed by atoms with Crippen molar-refractivity contribution in [3.8, 4) is 0 Å². The Morgan fingerprint density at radius 2 is 1.03 bits per heavy atom. The summed E-state index contributed by atoms with van der Waals surface area (Å²) in [6.45, 7) is 22.5. The van der Waals surface area contributed by atoms with Crippen LogP contribution in [-0.4, -0.2) is 78.0 Å². The first-order chi connectivity index (χ1) is 16.1. The third-order valence-electron chi connectivity index (χ3n) is 9.07. The van der Waals surface area contributed by atoms with Crippen molar-refractivity contribution in [2.24, 2.45) is 17.3 Å². The fraction of sp³-hybridized carbons (Fsp3) is 0.929. The monoisotopic (exact) mass is 548 g/mol. The van der Waals surface area contributed by atoms with Crippen molar-refractivity contribution < 1.29 is 19.8 Å². The minimum atomic E-state index is -1.37. The smallest absolute Gasteiger partial charge is 0.310 e. The van der Waals surface area contributed by atoms with Crippen molar-refractivity contribution in [3.05, 3.63) is 0 Å². The molecule has 210 valence electrons. The maximum Gasteiger partial charge on any atom is 0.310 e. The van der Waals surface area contributed by atoms with Gasteiger partial charge in [-0.1, -0.05) is 0 Å². The number of hydrogen-bond acceptors (Lipinski definition) is 4. The summed E-state index contributed by atoms with van der Waals surface area (Å²) in [5, 5.41) is 21.0. The second-order valence-electron chi connectivity index (χ2n) is 14.2. The molecule has 6 nitrogen and oxygen atoms in total. The SMILES string of the molecule is CC(Cl)CN1C(C)(C)CC(C(CC(=O)O)(C(=O)O)C2CC(C)(C)N(CC(C)Cl)C(C)(C)C2)CC1(C)C. The van der Waals surface area contributed by atoms with Gasteiger partial charge in [-0.3, -0.25) is 19.4 Å². The maximum absolute atomic E-state index is 13.4. The quantitative estimate of drug-likeness (QED) is 0.328. The van der Waals surface area contributed by atoms with Gasteiger partial charge in [0.15, 0.2) is 0 Å². The largest absolute Gasteiger partial charge is 0.481 e. The van der Waals surface area contributed by atoms with E-state index in [0.717, 1.165) is 0 Å². The van der Waals surface area contributed by atoms with Crippen LogP contribution in [0.15, 0.2) is 0 Å². The van der Waals surface area contributed by atoms with Gasteiger partial charge in [0.2, 0.25) is 0 Å². The molecular weight excluding hydrogens is 499 g/mol. The molecule has 2 saturated heterocycles. The predicted molar refractivity (Wildman–Crippen MR) is 148 cm³/mol. The van der Waals surface area contributed by atoms with Crippen LogP contribution in [0.25, 0.3) is 0 Å². The fourth-order valence-electron chi connectivity index (χ4n) is 8.15. The number of carboxylic acid groups (broad SMARTS) is 2. The summed E-state index contributed by atoms with van der Waals surface area (Å²) >= 11 is 12.8. The summed E-state index contributed by atoms with van der Waals surface area (Å²) in [7, 11) is 0. The number of halogens is 2. The van der Waals surface area contributed by atoms with Crippen LogP contribution in [0.2, 0.25) is 0 Å². The molecule has 0 spiro atoms. The predicted octanol–water partition coefficient (Wildman–Crippen LogP) is 6.33. The van der Waals surface area contributed by atoms with Crippen LogP contribution in [0.1, 0.15) is 101 Å². The second kappa shape index (κ2) is 10.5. The van der Waals surface area contributed by atoms with Crippen LogP contribution in [0, 0.1) is 17.3 Å². The summed E-state index contributed by atoms with van der Waals surface area (Å²) in [6.07, 6.45) is 2.07. The van der Waals surface area contributed by atoms with Gasteiger partial charge in [0.25, 0.3) is 0 Å². The summed E-state index contributed by atoms with van der Waals surface area (Å²) in [6, 6.07) is 0. The molecular formula is C28H50Cl2N2O4. The number of rotatable bonds is 9. The van der Waals surface area contributed by atoms with Gasteiger partial charge in [-0.15, -0.1) is 23.2 Å². The van der Waals surface area contributed by atoms with E-state index in [1.807, 2.05) is 13.8 Å². The van der Waals surface area contributed by atoms with Gasteiger partial charge in [0.1, 0.15) is 0 Å². The third kappa shape index (κ3) is 6.35. The highest BCUT2D eigenvalue weighted by molar-refractivity contribution is 6.20. The molecule has 0 saturated carbocycles. The highest BCUT2D eigenvalue weighted by atomic mass is 35.5. The van der Waals surface area contributed by atoms with E-state index in [2.05, 4.69) is 65.2 Å². The molecule has 0 amide bonds. The van der Waals surface area contributed by atoms with Crippen molar-refractivity contribution in [3.63, 3.8) is 0 Å². The summed E-state index contributed by atoms with van der Waals surface area (Å²) in [4.78, 5) is 30.5. The van der Waals surface area contributed by atoms with Gasteiger partial charge in [-0.2, -0.15) is 0 Å². The molecule has 2 heterocycles. The molecule has 0 aromatic rings. The van der Waals surface area contributed by atoms with Crippen LogP contribution in [0.4, 0.5) is 0 Å². The Hall–Kier alpha value is -0.560. The van der Waals surface area contributed by atoms with Crippen LogP contribution < -0.4 is 0 Å². The molecule has 0 aromatic heterocycles. The second-order valence-corrected chi connectivity index (χ2v) is 15.6. The molecule has 2 N–H and O–H groups in total. The van der Waals surface area contributed by atoms with Crippen molar-refractivity contribution in [2.75, 3.05) is 13.1 Å². The topological polar surface area (TPSA) is 81.1 Å². The van der Waals surface area contributed by atoms with Gasteiger partial charge in [-0.05, 0) is 107 Å². The van der Waals surface area contributed by atoms with Crippen molar-refractivity contribution >= 4 is 35.1 Å². The molecule has 0 bridgehead atoms. The highest BCUT2D eigenvalue weighted by Crippen LogP contribution is 2.58. The van der Waals surface area contributed by atoms with Crippen LogP contribution in [-0.2, 0) is 9.59 Å². The van der Waals surface area contributed by atoms with Gasteiger partial charge >= 0.3 is 11.9 Å². The van der Waals surface area contributed by atoms with E-state index < -0.39 is 17.4 Å². The molecule has 0 aromatic carbocycles. The first kappa shape index (κ1) is 31.7. The Labute approximate surface area is 229 Å². The Morgan fingerprint density at radius 3 is 1.22 bits per heavy atom. The maximum atomic E-state index is 13.4. The molecule has 2 atom stereocenters. The third-order valence-corrected chi connectivity index (χ3v) is 9.35. The number of alkyl halides is 2. The summed E-state index contributed by atoms with van der Waals surface area (Å²) in [5.41, 5.74) is -2.67. The number of piperidine rings is 2. The number of hydrogen-bond donors (Lipinski definition) is 2. The molecule has 2 aliphatic heterocycles. The van der Waals surface area contributed by atoms with E-state index >= 15 is 0 Å². The van der Waals surface area contributed by atoms with Gasteiger partial charge in [0, 0.05) is 46.0 Å². The number of nitrogens with zero attached hydrogens (tertiary/aromatic N) is 2. The first-order valence-electron chi connectivity index (χ1n) is 13.4. The summed E-state index contributed by atoms with van der Waals surface area (Å²) < 4.78 is 0. The van der Waals surface area contributed by atoms with E-state index in [1.165, 1.54) is 0 Å². The standard InChI is InChI=1S/C28H50Cl2N2O4/c1-18(29)16-31-24(3,4)11-20(12-25(31,5)6)28(23(35)36,15-22(33)34)21-13-26(7,8)32(17-19(2)30)27(9,10)14-21/h18-21H,11-17H2,1-10H3,(H,33,34)(H,35,36). The van der Waals surface area contributed by atoms with Gasteiger partial charge in [-0.25, -0.2) is 0 Å². The molecule has 36 heavy (non-hydrogen) atoms. The van der Waals surface area contributed by atoms with Crippen LogP contribution in [0.5, 0.6) is 0 Å². The molecule has 8 heteroatoms. The lowest BCUT2D eigenvalue weighted by molar-refractivity contribution is -0.183. The van der Waals surface area contributed by atoms with Crippen LogP contribution >= 0.6 is 23.2 Å². The Kier molecular flexibility index (Phi) is 9.27. The van der Waals surface area contributed by atoms with E-state index in [0.29, 0.717) is 38.8 Å². The van der Waals surface area contributed by atoms with Gasteiger partial charge in [0.05, 0.1) is 11.8 Å². The first-order valence-corrected chi connectivity index (χ1v) is 14.2. The molecule has 2 unspecified atom stereocenters. The molecule has 0 radical (unpaired) electrons. The molecule has 2 aliphatic rings. The van der Waals surface area contributed by atoms with E-state index in [9.17, 15) is 19.8 Å². The van der Waals surface area contributed by atoms with E-state index in [4.69, 9.17) is 23.2 Å². The minimum absolute atomic E-state index is 0.0430. The Bertz CT molecular complexity index is 736. The summed E-state index contributed by atoms with van der Waals surface area (Å²) in [5.74, 6) is -2.59. The lowest BCUT2D eigenvalue weighted by atomic mass is 9.52.